The fourth-order valence-corrected chi connectivity index (χ4v) is 3.17. The van der Waals surface area contributed by atoms with Gasteiger partial charge in [0.05, 0.1) is 0 Å². The van der Waals surface area contributed by atoms with Crippen LogP contribution in [0, 0.1) is 0 Å². The van der Waals surface area contributed by atoms with Gasteiger partial charge in [-0.1, -0.05) is 0 Å². The molecule has 1 unspecified atom stereocenters. The van der Waals surface area contributed by atoms with E-state index in [2.05, 4.69) is 0 Å². The van der Waals surface area contributed by atoms with E-state index in [4.69, 9.17) is 4.55 Å². The van der Waals surface area contributed by atoms with Gasteiger partial charge in [0, 0.05) is 0 Å². The second-order valence-corrected chi connectivity index (χ2v) is 8.75. The van der Waals surface area contributed by atoms with Gasteiger partial charge in [-0.15, -0.1) is 0 Å². The first-order valence-electron chi connectivity index (χ1n) is 8.19. The zero-order chi connectivity index (χ0) is 34.5. The maximum Gasteiger partial charge on any atom is 0.460 e. The van der Waals surface area contributed by atoms with Crippen LogP contribution in [0.1, 0.15) is 0 Å². The molecule has 0 radical (unpaired) electrons. The molecule has 41 heavy (non-hydrogen) atoms. The lowest BCUT2D eigenvalue weighted by atomic mass is 9.86. The van der Waals surface area contributed by atoms with Gasteiger partial charge in [0.1, 0.15) is 0 Å². The summed E-state index contributed by atoms with van der Waals surface area (Å²) in [5.74, 6) is -84.8. The Kier molecular flexibility index (Phi) is 8.68. The van der Waals surface area contributed by atoms with Crippen LogP contribution in [-0.4, -0.2) is 83.6 Å². The lowest BCUT2D eigenvalue weighted by Crippen LogP contribution is -2.80. The molecular weight excluding hydrogens is 699 g/mol. The minimum absolute atomic E-state index is 8.03. The molecule has 0 aromatic carbocycles. The van der Waals surface area contributed by atoms with Crippen LogP contribution in [0.25, 0.3) is 0 Å². The number of halogens is 25. The molecule has 0 fully saturated rings. The first-order valence-corrected chi connectivity index (χ1v) is 9.63. The summed E-state index contributed by atoms with van der Waals surface area (Å²) in [6.45, 7) is 0. The predicted octanol–water partition coefficient (Wildman–Crippen LogP) is 7.38. The van der Waals surface area contributed by atoms with Crippen LogP contribution in [0.3, 0.4) is 0 Å². The molecule has 0 saturated carbocycles. The highest BCUT2D eigenvalue weighted by molar-refractivity contribution is 7.87. The highest BCUT2D eigenvalue weighted by Gasteiger charge is 3.01. The van der Waals surface area contributed by atoms with Gasteiger partial charge in [-0.05, 0) is 0 Å². The Labute approximate surface area is 205 Å². The molecule has 0 aromatic heterocycles. The summed E-state index contributed by atoms with van der Waals surface area (Å²) in [7, 11) is -9.33. The van der Waals surface area contributed by atoms with Crippen molar-refractivity contribution in [3.05, 3.63) is 0 Å². The van der Waals surface area contributed by atoms with E-state index in [1.165, 1.54) is 0 Å². The van der Waals surface area contributed by atoms with Crippen molar-refractivity contribution in [3.63, 3.8) is 0 Å². The molecule has 0 aromatic rings. The van der Waals surface area contributed by atoms with Crippen molar-refractivity contribution < 1.29 is 123 Å². The van der Waals surface area contributed by atoms with Gasteiger partial charge in [-0.3, -0.25) is 4.55 Å². The van der Waals surface area contributed by atoms with E-state index in [1.54, 1.807) is 0 Å². The zero-order valence-corrected chi connectivity index (χ0v) is 17.9. The summed E-state index contributed by atoms with van der Waals surface area (Å²) < 4.78 is 356. The third-order valence-corrected chi connectivity index (χ3v) is 5.86. The standard InChI is InChI=1S/C12HF25O3S/c13-1(14,3(17,18)5(21,22)8(27,28)11(32,33)34)2(15,16)4(19,20)6(23,24)10(31,41(38,39)40)7(25,26)9(29,30)12(35,36)37/h(H,38,39,40). The third kappa shape index (κ3) is 4.43. The van der Waals surface area contributed by atoms with Crippen molar-refractivity contribution in [2.75, 3.05) is 0 Å². The van der Waals surface area contributed by atoms with Crippen molar-refractivity contribution in [2.45, 2.75) is 70.7 Å². The Morgan fingerprint density at radius 3 is 0.634 bits per heavy atom. The molecule has 248 valence electrons. The van der Waals surface area contributed by atoms with Gasteiger partial charge in [0.25, 0.3) is 0 Å². The van der Waals surface area contributed by atoms with Crippen LogP contribution in [0.2, 0.25) is 0 Å². The van der Waals surface area contributed by atoms with E-state index >= 15 is 0 Å². The van der Waals surface area contributed by atoms with Crippen LogP contribution in [0.4, 0.5) is 110 Å². The second-order valence-electron chi connectivity index (χ2n) is 7.24. The van der Waals surface area contributed by atoms with E-state index in [-0.39, 0.29) is 0 Å². The Morgan fingerprint density at radius 2 is 0.439 bits per heavy atom. The summed E-state index contributed by atoms with van der Waals surface area (Å²) in [5, 5.41) is -9.43. The van der Waals surface area contributed by atoms with Gasteiger partial charge in [0.15, 0.2) is 0 Å². The lowest BCUT2D eigenvalue weighted by Gasteiger charge is -2.46. The molecule has 0 saturated heterocycles. The minimum Gasteiger partial charge on any atom is -0.283 e. The maximum atomic E-state index is 14.2. The van der Waals surface area contributed by atoms with E-state index in [0.717, 1.165) is 0 Å². The summed E-state index contributed by atoms with van der Waals surface area (Å²) >= 11 is 0. The number of alkyl halides is 25. The molecule has 29 heteroatoms. The minimum atomic E-state index is -9.85. The molecule has 3 nitrogen and oxygen atoms in total. The average molecular weight is 700 g/mol. The van der Waals surface area contributed by atoms with Crippen LogP contribution >= 0.6 is 0 Å². The second kappa shape index (κ2) is 9.08. The molecule has 0 bridgehead atoms. The third-order valence-electron chi connectivity index (χ3n) is 4.64. The number of hydrogen-bond acceptors (Lipinski definition) is 2. The summed E-state index contributed by atoms with van der Waals surface area (Å²) in [6, 6.07) is 0. The Bertz CT molecular complexity index is 1100. The fraction of sp³-hybridized carbons (Fsp3) is 1.00. The largest absolute Gasteiger partial charge is 0.460 e. The predicted molar refractivity (Wildman–Crippen MR) is 72.0 cm³/mol. The Morgan fingerprint density at radius 1 is 0.293 bits per heavy atom. The summed E-state index contributed by atoms with van der Waals surface area (Å²) in [5.41, 5.74) is 0. The molecular formula is C12HF25O3S. The molecule has 0 aliphatic carbocycles. The number of hydrogen-bond donors (Lipinski definition) is 1. The fourth-order valence-electron chi connectivity index (χ4n) is 2.27. The van der Waals surface area contributed by atoms with E-state index in [9.17, 15) is 118 Å². The van der Waals surface area contributed by atoms with Crippen LogP contribution in [0.15, 0.2) is 0 Å². The molecule has 1 atom stereocenters. The molecule has 0 rings (SSSR count). The van der Waals surface area contributed by atoms with E-state index in [1.807, 2.05) is 0 Å². The SMILES string of the molecule is O=S(=O)(O)C(F)(C(F)(F)C(F)(F)C(F)(F)F)C(F)(F)C(F)(F)C(F)(F)C(F)(F)C(F)(F)C(F)(F)C(F)(F)C(F)(F)F. The topological polar surface area (TPSA) is 54.4 Å². The summed E-state index contributed by atoms with van der Waals surface area (Å²) in [6.07, 6.45) is -16.6. The van der Waals surface area contributed by atoms with Gasteiger partial charge >= 0.3 is 80.8 Å². The Balaban J connectivity index is 7.83. The highest BCUT2D eigenvalue weighted by atomic mass is 32.2. The molecule has 0 spiro atoms. The highest BCUT2D eigenvalue weighted by Crippen LogP contribution is 2.68. The van der Waals surface area contributed by atoms with Crippen LogP contribution in [-0.2, 0) is 10.1 Å². The molecule has 1 N–H and O–H groups in total. The van der Waals surface area contributed by atoms with Crippen LogP contribution in [0.5, 0.6) is 0 Å². The van der Waals surface area contributed by atoms with Crippen molar-refractivity contribution >= 4 is 10.1 Å². The van der Waals surface area contributed by atoms with Gasteiger partial charge in [-0.2, -0.15) is 114 Å². The quantitative estimate of drug-likeness (QED) is 0.191. The first-order chi connectivity index (χ1) is 17.0. The molecule has 0 aliphatic heterocycles. The van der Waals surface area contributed by atoms with Gasteiger partial charge in [-0.25, -0.2) is 4.39 Å². The molecule has 0 amide bonds. The van der Waals surface area contributed by atoms with Crippen molar-refractivity contribution in [1.82, 2.24) is 0 Å². The average Bonchev–Trinajstić information content (AvgIpc) is 2.69. The van der Waals surface area contributed by atoms with E-state index in [0.29, 0.717) is 0 Å². The summed E-state index contributed by atoms with van der Waals surface area (Å²) in [4.78, 5) is 0. The zero-order valence-electron chi connectivity index (χ0n) is 17.1. The van der Waals surface area contributed by atoms with Crippen molar-refractivity contribution in [2.24, 2.45) is 0 Å². The molecule has 0 heterocycles. The van der Waals surface area contributed by atoms with E-state index < -0.39 is 80.8 Å². The Hall–Kier alpha value is -1.84. The lowest BCUT2D eigenvalue weighted by molar-refractivity contribution is -0.470. The molecule has 0 aliphatic rings. The monoisotopic (exact) mass is 700 g/mol. The maximum absolute atomic E-state index is 14.2. The number of rotatable bonds is 10. The van der Waals surface area contributed by atoms with Crippen molar-refractivity contribution in [1.29, 1.82) is 0 Å². The first kappa shape index (κ1) is 39.2. The van der Waals surface area contributed by atoms with Crippen LogP contribution < -0.4 is 0 Å². The van der Waals surface area contributed by atoms with Crippen molar-refractivity contribution in [3.8, 4) is 0 Å². The smallest absolute Gasteiger partial charge is 0.283 e. The van der Waals surface area contributed by atoms with Gasteiger partial charge in [0.2, 0.25) is 0 Å². The van der Waals surface area contributed by atoms with Gasteiger partial charge < -0.3 is 0 Å². The normalized spacial score (nSPS) is 18.4.